The predicted molar refractivity (Wildman–Crippen MR) is 127 cm³/mol. The van der Waals surface area contributed by atoms with Gasteiger partial charge in [-0.05, 0) is 71.6 Å². The van der Waals surface area contributed by atoms with Gasteiger partial charge in [-0.15, -0.1) is 0 Å². The van der Waals surface area contributed by atoms with Gasteiger partial charge in [0.2, 0.25) is 11.8 Å². The second-order valence-corrected chi connectivity index (χ2v) is 9.49. The smallest absolute Gasteiger partial charge is 0.408 e. The number of amides is 3. The van der Waals surface area contributed by atoms with E-state index in [0.29, 0.717) is 6.54 Å². The van der Waals surface area contributed by atoms with Gasteiger partial charge >= 0.3 is 6.09 Å². The molecular weight excluding hydrogens is 406 g/mol. The van der Waals surface area contributed by atoms with Crippen LogP contribution in [-0.4, -0.2) is 47.5 Å². The normalized spacial score (nSPS) is 12.3. The molecule has 0 fully saturated rings. The Labute approximate surface area is 193 Å². The Morgan fingerprint density at radius 2 is 1.69 bits per heavy atom. The van der Waals surface area contributed by atoms with Crippen LogP contribution in [0.15, 0.2) is 18.2 Å². The number of rotatable bonds is 10. The molecule has 1 unspecified atom stereocenters. The van der Waals surface area contributed by atoms with Crippen LogP contribution in [0.3, 0.4) is 0 Å². The molecule has 3 amide bonds. The van der Waals surface area contributed by atoms with Crippen molar-refractivity contribution in [1.29, 1.82) is 0 Å². The van der Waals surface area contributed by atoms with Crippen molar-refractivity contribution in [1.82, 2.24) is 15.5 Å². The van der Waals surface area contributed by atoms with Crippen LogP contribution in [0.5, 0.6) is 0 Å². The fraction of sp³-hybridized carbons (Fsp3) is 0.640. The van der Waals surface area contributed by atoms with E-state index in [1.54, 1.807) is 20.8 Å². The lowest BCUT2D eigenvalue weighted by Crippen LogP contribution is -2.50. The molecule has 1 atom stereocenters. The molecule has 2 N–H and O–H groups in total. The molecule has 0 bridgehead atoms. The molecule has 1 aromatic carbocycles. The maximum absolute atomic E-state index is 13.3. The van der Waals surface area contributed by atoms with Crippen LogP contribution in [0.2, 0.25) is 0 Å². The van der Waals surface area contributed by atoms with Crippen LogP contribution in [-0.2, 0) is 14.3 Å². The van der Waals surface area contributed by atoms with Crippen molar-refractivity contribution in [3.63, 3.8) is 0 Å². The number of hydrogen-bond acceptors (Lipinski definition) is 4. The van der Waals surface area contributed by atoms with Gasteiger partial charge in [-0.1, -0.05) is 38.0 Å². The molecule has 7 nitrogen and oxygen atoms in total. The van der Waals surface area contributed by atoms with Crippen LogP contribution in [0.25, 0.3) is 0 Å². The molecule has 32 heavy (non-hydrogen) atoms. The molecule has 0 heterocycles. The van der Waals surface area contributed by atoms with Crippen LogP contribution in [0.1, 0.15) is 83.5 Å². The summed E-state index contributed by atoms with van der Waals surface area (Å²) in [5.74, 6) is -0.568. The van der Waals surface area contributed by atoms with Crippen molar-refractivity contribution in [2.24, 2.45) is 0 Å². The number of hydrogen-bond donors (Lipinski definition) is 2. The highest BCUT2D eigenvalue weighted by molar-refractivity contribution is 5.90. The molecule has 0 aliphatic heterocycles. The highest BCUT2D eigenvalue weighted by atomic mass is 16.6. The van der Waals surface area contributed by atoms with E-state index in [2.05, 4.69) is 17.6 Å². The zero-order valence-electron chi connectivity index (χ0n) is 21.0. The number of nitrogens with one attached hydrogen (secondary N) is 2. The van der Waals surface area contributed by atoms with Gasteiger partial charge < -0.3 is 20.3 Å². The van der Waals surface area contributed by atoms with Crippen LogP contribution >= 0.6 is 0 Å². The maximum atomic E-state index is 13.3. The largest absolute Gasteiger partial charge is 0.444 e. The third-order valence-corrected chi connectivity index (χ3v) is 5.08. The van der Waals surface area contributed by atoms with E-state index in [4.69, 9.17) is 4.74 Å². The first-order chi connectivity index (χ1) is 14.9. The van der Waals surface area contributed by atoms with Crippen molar-refractivity contribution in [3.8, 4) is 0 Å². The summed E-state index contributed by atoms with van der Waals surface area (Å²) in [6.45, 7) is 15.4. The molecule has 0 aromatic heterocycles. The average Bonchev–Trinajstić information content (AvgIpc) is 2.68. The Kier molecular flexibility index (Phi) is 10.7. The topological polar surface area (TPSA) is 87.7 Å². The summed E-state index contributed by atoms with van der Waals surface area (Å²) in [5.41, 5.74) is 2.25. The van der Waals surface area contributed by atoms with Crippen molar-refractivity contribution in [2.75, 3.05) is 13.1 Å². The Bertz CT molecular complexity index is 784. The number of unbranched alkanes of at least 4 members (excludes halogenated alkanes) is 2. The van der Waals surface area contributed by atoms with Gasteiger partial charge in [0.15, 0.2) is 0 Å². The fourth-order valence-corrected chi connectivity index (χ4v) is 3.34. The minimum Gasteiger partial charge on any atom is -0.444 e. The van der Waals surface area contributed by atoms with E-state index in [0.717, 1.165) is 36.0 Å². The van der Waals surface area contributed by atoms with Crippen molar-refractivity contribution in [2.45, 2.75) is 92.3 Å². The van der Waals surface area contributed by atoms with Crippen molar-refractivity contribution < 1.29 is 19.1 Å². The van der Waals surface area contributed by atoms with Crippen molar-refractivity contribution in [3.05, 3.63) is 34.9 Å². The molecule has 0 radical (unpaired) electrons. The third-order valence-electron chi connectivity index (χ3n) is 5.08. The number of nitrogens with zero attached hydrogens (tertiary/aromatic N) is 1. The molecular formula is C25H41N3O4. The van der Waals surface area contributed by atoms with E-state index in [9.17, 15) is 14.4 Å². The van der Waals surface area contributed by atoms with Gasteiger partial charge in [-0.2, -0.15) is 0 Å². The summed E-state index contributed by atoms with van der Waals surface area (Å²) in [4.78, 5) is 40.0. The van der Waals surface area contributed by atoms with Gasteiger partial charge in [-0.25, -0.2) is 4.79 Å². The standard InChI is InChI=1S/C25H41N3O4/c1-9-10-11-14-26-23(30)22(20-13-12-18(4)19(5)15-20)28(17(2)3)21(29)16-27-24(31)32-25(6,7)8/h12-13,15,17,22H,9-11,14,16H2,1-8H3,(H,26,30)(H,27,31). The zero-order valence-corrected chi connectivity index (χ0v) is 21.0. The van der Waals surface area contributed by atoms with E-state index < -0.39 is 17.7 Å². The Morgan fingerprint density at radius 3 is 2.22 bits per heavy atom. The van der Waals surface area contributed by atoms with Crippen molar-refractivity contribution >= 4 is 17.9 Å². The minimum absolute atomic E-state index is 0.219. The SMILES string of the molecule is CCCCCNC(=O)C(c1ccc(C)c(C)c1)N(C(=O)CNC(=O)OC(C)(C)C)C(C)C. The highest BCUT2D eigenvalue weighted by Gasteiger charge is 2.33. The second kappa shape index (κ2) is 12.5. The highest BCUT2D eigenvalue weighted by Crippen LogP contribution is 2.26. The summed E-state index contributed by atoms with van der Waals surface area (Å²) in [7, 11) is 0. The molecule has 1 rings (SSSR count). The Balaban J connectivity index is 3.14. The number of benzene rings is 1. The van der Waals surface area contributed by atoms with Crippen LogP contribution in [0.4, 0.5) is 4.79 Å². The van der Waals surface area contributed by atoms with E-state index in [1.165, 1.54) is 4.90 Å². The van der Waals surface area contributed by atoms with Gasteiger partial charge in [0.05, 0.1) is 0 Å². The number of carbonyl (C=O) groups excluding carboxylic acids is 3. The van der Waals surface area contributed by atoms with Crippen LogP contribution < -0.4 is 10.6 Å². The lowest BCUT2D eigenvalue weighted by atomic mass is 9.98. The lowest BCUT2D eigenvalue weighted by molar-refractivity contribution is -0.142. The average molecular weight is 448 g/mol. The molecule has 0 aliphatic carbocycles. The molecule has 0 spiro atoms. The number of aryl methyl sites for hydroxylation is 2. The first kappa shape index (κ1) is 27.5. The Hall–Kier alpha value is -2.57. The summed E-state index contributed by atoms with van der Waals surface area (Å²) in [5, 5.41) is 5.51. The molecule has 7 heteroatoms. The first-order valence-electron chi connectivity index (χ1n) is 11.5. The summed E-state index contributed by atoms with van der Waals surface area (Å²) in [6, 6.07) is 4.77. The number of carbonyl (C=O) groups is 3. The number of ether oxygens (including phenoxy) is 1. The van der Waals surface area contributed by atoms with Gasteiger partial charge in [0.1, 0.15) is 18.2 Å². The van der Waals surface area contributed by atoms with Gasteiger partial charge in [0.25, 0.3) is 0 Å². The molecule has 0 saturated heterocycles. The second-order valence-electron chi connectivity index (χ2n) is 9.49. The lowest BCUT2D eigenvalue weighted by Gasteiger charge is -2.35. The van der Waals surface area contributed by atoms with E-state index in [-0.39, 0.29) is 24.4 Å². The fourth-order valence-electron chi connectivity index (χ4n) is 3.34. The monoisotopic (exact) mass is 447 g/mol. The first-order valence-corrected chi connectivity index (χ1v) is 11.5. The Morgan fingerprint density at radius 1 is 1.03 bits per heavy atom. The van der Waals surface area contributed by atoms with Gasteiger partial charge in [0, 0.05) is 12.6 Å². The molecule has 0 saturated carbocycles. The van der Waals surface area contributed by atoms with E-state index >= 15 is 0 Å². The number of alkyl carbamates (subject to hydrolysis) is 1. The zero-order chi connectivity index (χ0) is 24.5. The summed E-state index contributed by atoms with van der Waals surface area (Å²) < 4.78 is 5.23. The quantitative estimate of drug-likeness (QED) is 0.520. The van der Waals surface area contributed by atoms with Crippen LogP contribution in [0, 0.1) is 13.8 Å². The van der Waals surface area contributed by atoms with E-state index in [1.807, 2.05) is 45.9 Å². The molecule has 1 aromatic rings. The summed E-state index contributed by atoms with van der Waals surface area (Å²) >= 11 is 0. The van der Waals surface area contributed by atoms with Gasteiger partial charge in [-0.3, -0.25) is 9.59 Å². The molecule has 180 valence electrons. The predicted octanol–water partition coefficient (Wildman–Crippen LogP) is 4.41. The molecule has 0 aliphatic rings. The maximum Gasteiger partial charge on any atom is 0.408 e. The third kappa shape index (κ3) is 8.89. The minimum atomic E-state index is -0.788. The summed E-state index contributed by atoms with van der Waals surface area (Å²) in [6.07, 6.45) is 2.31.